The zero-order valence-corrected chi connectivity index (χ0v) is 15.3. The molecule has 0 bridgehead atoms. The Labute approximate surface area is 154 Å². The van der Waals surface area contributed by atoms with E-state index < -0.39 is 0 Å². The van der Waals surface area contributed by atoms with Gasteiger partial charge in [0.15, 0.2) is 5.13 Å². The summed E-state index contributed by atoms with van der Waals surface area (Å²) >= 11 is 1.54. The number of nitrogens with zero attached hydrogens (tertiary/aromatic N) is 3. The van der Waals surface area contributed by atoms with Gasteiger partial charge in [-0.05, 0) is 38.7 Å². The maximum Gasteiger partial charge on any atom is 0.321 e. The van der Waals surface area contributed by atoms with E-state index in [1.807, 2.05) is 6.92 Å². The number of carbonyl (C=O) groups is 1. The van der Waals surface area contributed by atoms with Crippen molar-refractivity contribution >= 4 is 22.5 Å². The van der Waals surface area contributed by atoms with Crippen molar-refractivity contribution in [2.45, 2.75) is 44.7 Å². The van der Waals surface area contributed by atoms with Crippen LogP contribution in [0.15, 0.2) is 16.9 Å². The monoisotopic (exact) mass is 375 g/mol. The topological polar surface area (TPSA) is 98.1 Å². The van der Waals surface area contributed by atoms with Gasteiger partial charge in [-0.1, -0.05) is 0 Å². The van der Waals surface area contributed by atoms with Crippen molar-refractivity contribution in [3.05, 3.63) is 38.8 Å². The number of aromatic nitrogens is 3. The van der Waals surface area contributed by atoms with Gasteiger partial charge in [0.2, 0.25) is 0 Å². The highest BCUT2D eigenvalue weighted by molar-refractivity contribution is 7.15. The second kappa shape index (κ2) is 7.16. The number of ether oxygens (including phenoxy) is 1. The van der Waals surface area contributed by atoms with Crippen LogP contribution in [0.2, 0.25) is 0 Å². The predicted molar refractivity (Wildman–Crippen MR) is 97.8 cm³/mol. The molecule has 2 N–H and O–H groups in total. The molecule has 0 spiro atoms. The van der Waals surface area contributed by atoms with Crippen LogP contribution in [-0.2, 0) is 17.6 Å². The third-order valence-corrected chi connectivity index (χ3v) is 5.78. The van der Waals surface area contributed by atoms with Gasteiger partial charge in [-0.2, -0.15) is 5.10 Å². The highest BCUT2D eigenvalue weighted by atomic mass is 32.1. The number of amides is 2. The summed E-state index contributed by atoms with van der Waals surface area (Å²) in [5, 5.41) is 10.6. The third-order valence-electron chi connectivity index (χ3n) is 4.71. The number of anilines is 1. The Balaban J connectivity index is 1.44. The number of hydrogen-bond acceptors (Lipinski definition) is 6. The first-order valence-electron chi connectivity index (χ1n) is 8.80. The Hall–Kier alpha value is -2.26. The number of aryl methyl sites for hydroxylation is 3. The van der Waals surface area contributed by atoms with Crippen LogP contribution in [0.25, 0.3) is 0 Å². The lowest BCUT2D eigenvalue weighted by Gasteiger charge is -2.20. The molecule has 2 aliphatic rings. The van der Waals surface area contributed by atoms with Gasteiger partial charge in [-0.3, -0.25) is 10.1 Å². The van der Waals surface area contributed by atoms with E-state index in [2.05, 4.69) is 20.7 Å². The minimum absolute atomic E-state index is 0.203. The summed E-state index contributed by atoms with van der Waals surface area (Å²) in [5.74, 6) is 0. The molecule has 4 rings (SSSR count). The summed E-state index contributed by atoms with van der Waals surface area (Å²) in [6.07, 6.45) is 4.36. The van der Waals surface area contributed by atoms with Gasteiger partial charge >= 0.3 is 6.03 Å². The summed E-state index contributed by atoms with van der Waals surface area (Å²) in [7, 11) is 0. The Morgan fingerprint density at radius 3 is 3.00 bits per heavy atom. The van der Waals surface area contributed by atoms with Crippen LogP contribution in [0, 0.1) is 6.92 Å². The van der Waals surface area contributed by atoms with Gasteiger partial charge in [-0.15, -0.1) is 11.3 Å². The van der Waals surface area contributed by atoms with Crippen LogP contribution >= 0.6 is 11.3 Å². The smallest absolute Gasteiger partial charge is 0.321 e. The fourth-order valence-corrected chi connectivity index (χ4v) is 4.43. The predicted octanol–water partition coefficient (Wildman–Crippen LogP) is 1.65. The van der Waals surface area contributed by atoms with E-state index in [0.29, 0.717) is 18.3 Å². The Morgan fingerprint density at radius 2 is 2.15 bits per heavy atom. The molecule has 138 valence electrons. The first-order valence-corrected chi connectivity index (χ1v) is 9.62. The van der Waals surface area contributed by atoms with Crippen LogP contribution in [-0.4, -0.2) is 40.1 Å². The SMILES string of the molecule is Cc1ccc(=O)n(C2COCC2NC(=O)Nc2nc3c(s2)CCCC3)n1. The summed E-state index contributed by atoms with van der Waals surface area (Å²) in [4.78, 5) is 30.3. The lowest BCUT2D eigenvalue weighted by atomic mass is 10.0. The largest absolute Gasteiger partial charge is 0.377 e. The third kappa shape index (κ3) is 3.49. The van der Waals surface area contributed by atoms with E-state index in [1.165, 1.54) is 22.0 Å². The van der Waals surface area contributed by atoms with Crippen molar-refractivity contribution in [1.82, 2.24) is 20.1 Å². The molecule has 9 heteroatoms. The van der Waals surface area contributed by atoms with Gasteiger partial charge in [0.25, 0.3) is 5.56 Å². The van der Waals surface area contributed by atoms with Gasteiger partial charge in [0.05, 0.1) is 30.6 Å². The molecule has 2 aromatic rings. The first-order chi connectivity index (χ1) is 12.6. The molecule has 2 amide bonds. The average Bonchev–Trinajstić information content (AvgIpc) is 3.23. The molecule has 2 aromatic heterocycles. The van der Waals surface area contributed by atoms with Crippen molar-refractivity contribution in [3.8, 4) is 0 Å². The van der Waals surface area contributed by atoms with Crippen molar-refractivity contribution in [3.63, 3.8) is 0 Å². The molecule has 0 saturated carbocycles. The molecule has 1 aliphatic heterocycles. The minimum Gasteiger partial charge on any atom is -0.377 e. The number of thiazole rings is 1. The maximum atomic E-state index is 12.4. The molecule has 0 radical (unpaired) electrons. The second-order valence-corrected chi connectivity index (χ2v) is 7.75. The van der Waals surface area contributed by atoms with Crippen LogP contribution < -0.4 is 16.2 Å². The number of rotatable bonds is 3. The van der Waals surface area contributed by atoms with Gasteiger partial charge in [-0.25, -0.2) is 14.5 Å². The van der Waals surface area contributed by atoms with Crippen LogP contribution in [0.4, 0.5) is 9.93 Å². The quantitative estimate of drug-likeness (QED) is 0.850. The maximum absolute atomic E-state index is 12.4. The molecule has 1 aliphatic carbocycles. The first kappa shape index (κ1) is 17.2. The fourth-order valence-electron chi connectivity index (χ4n) is 3.39. The molecule has 1 fully saturated rings. The van der Waals surface area contributed by atoms with E-state index in [0.717, 1.165) is 30.7 Å². The van der Waals surface area contributed by atoms with Crippen molar-refractivity contribution < 1.29 is 9.53 Å². The molecule has 2 unspecified atom stereocenters. The summed E-state index contributed by atoms with van der Waals surface area (Å²) in [6, 6.07) is 2.18. The summed E-state index contributed by atoms with van der Waals surface area (Å²) < 4.78 is 6.88. The van der Waals surface area contributed by atoms with Gasteiger partial charge < -0.3 is 10.1 Å². The molecule has 2 atom stereocenters. The number of hydrogen-bond donors (Lipinski definition) is 2. The molecule has 0 aromatic carbocycles. The Kier molecular flexibility index (Phi) is 4.73. The zero-order chi connectivity index (χ0) is 18.1. The Bertz CT molecular complexity index is 854. The number of fused-ring (bicyclic) bond motifs is 1. The van der Waals surface area contributed by atoms with Crippen LogP contribution in [0.3, 0.4) is 0 Å². The highest BCUT2D eigenvalue weighted by Gasteiger charge is 2.32. The number of nitrogens with one attached hydrogen (secondary N) is 2. The van der Waals surface area contributed by atoms with E-state index in [9.17, 15) is 9.59 Å². The zero-order valence-electron chi connectivity index (χ0n) is 14.5. The van der Waals surface area contributed by atoms with Crippen LogP contribution in [0.1, 0.15) is 35.1 Å². The molecule has 26 heavy (non-hydrogen) atoms. The molecule has 3 heterocycles. The molecular weight excluding hydrogens is 354 g/mol. The van der Waals surface area contributed by atoms with E-state index in [4.69, 9.17) is 4.74 Å². The second-order valence-electron chi connectivity index (χ2n) is 6.66. The minimum atomic E-state index is -0.336. The highest BCUT2D eigenvalue weighted by Crippen LogP contribution is 2.29. The van der Waals surface area contributed by atoms with Crippen molar-refractivity contribution in [2.24, 2.45) is 0 Å². The lowest BCUT2D eigenvalue weighted by molar-refractivity contribution is 0.180. The van der Waals surface area contributed by atoms with Crippen LogP contribution in [0.5, 0.6) is 0 Å². The molecule has 8 nitrogen and oxygen atoms in total. The fraction of sp³-hybridized carbons (Fsp3) is 0.529. The molecular formula is C17H21N5O3S. The lowest BCUT2D eigenvalue weighted by Crippen LogP contribution is -2.45. The van der Waals surface area contributed by atoms with E-state index >= 15 is 0 Å². The summed E-state index contributed by atoms with van der Waals surface area (Å²) in [6.45, 7) is 2.51. The normalized spacial score (nSPS) is 22.0. The van der Waals surface area contributed by atoms with Gasteiger partial charge in [0, 0.05) is 10.9 Å². The van der Waals surface area contributed by atoms with E-state index in [-0.39, 0.29) is 23.7 Å². The standard InChI is InChI=1S/C17H21N5O3S/c1-10-6-7-15(23)22(21-10)13-9-25-8-12(13)18-16(24)20-17-19-11-4-2-3-5-14(11)26-17/h6-7,12-13H,2-5,8-9H2,1H3,(H2,18,19,20,24). The number of urea groups is 1. The average molecular weight is 375 g/mol. The van der Waals surface area contributed by atoms with Crippen molar-refractivity contribution in [1.29, 1.82) is 0 Å². The van der Waals surface area contributed by atoms with Gasteiger partial charge in [0.1, 0.15) is 6.04 Å². The Morgan fingerprint density at radius 1 is 1.31 bits per heavy atom. The number of carbonyl (C=O) groups excluding carboxylic acids is 1. The summed E-state index contributed by atoms with van der Waals surface area (Å²) in [5.41, 5.74) is 1.65. The van der Waals surface area contributed by atoms with E-state index in [1.54, 1.807) is 17.4 Å². The molecule has 1 saturated heterocycles. The van der Waals surface area contributed by atoms with Crippen molar-refractivity contribution in [2.75, 3.05) is 18.5 Å².